The molecule has 1 N–H and O–H groups in total. The van der Waals surface area contributed by atoms with Gasteiger partial charge in [0.1, 0.15) is 11.6 Å². The number of anilines is 2. The molecule has 0 saturated heterocycles. The third-order valence-corrected chi connectivity index (χ3v) is 3.68. The molecule has 2 aromatic rings. The fourth-order valence-corrected chi connectivity index (χ4v) is 2.25. The molecule has 0 unspecified atom stereocenters. The minimum Gasteiger partial charge on any atom is -0.439 e. The number of nitrogens with zero attached hydrogens (tertiary/aromatic N) is 2. The van der Waals surface area contributed by atoms with Crippen molar-refractivity contribution >= 4 is 17.7 Å². The highest BCUT2D eigenvalue weighted by Crippen LogP contribution is 2.23. The zero-order chi connectivity index (χ0) is 20.1. The fraction of sp³-hybridized carbons (Fsp3) is 0.304. The first-order valence-corrected chi connectivity index (χ1v) is 9.46. The van der Waals surface area contributed by atoms with Crippen LogP contribution in [0, 0.1) is 0 Å². The van der Waals surface area contributed by atoms with Crippen LogP contribution in [-0.4, -0.2) is 11.2 Å². The van der Waals surface area contributed by atoms with Crippen LogP contribution in [0.2, 0.25) is 0 Å². The number of nitrogens with one attached hydrogen (secondary N) is 1. The lowest BCUT2D eigenvalue weighted by atomic mass is 10.1. The SMILES string of the molecule is CC.C\C=N/C(Oc1ccc(Nc2ccccn2)cc1)=C(C)/C(C)=C/CC. The largest absolute Gasteiger partial charge is 0.439 e. The van der Waals surface area contributed by atoms with Crippen molar-refractivity contribution in [3.05, 3.63) is 71.8 Å². The van der Waals surface area contributed by atoms with Crippen LogP contribution in [0.3, 0.4) is 0 Å². The highest BCUT2D eigenvalue weighted by molar-refractivity contribution is 5.58. The Bertz CT molecular complexity index is 760. The maximum Gasteiger partial charge on any atom is 0.222 e. The van der Waals surface area contributed by atoms with E-state index in [1.807, 2.05) is 70.2 Å². The summed E-state index contributed by atoms with van der Waals surface area (Å²) in [7, 11) is 0. The number of rotatable bonds is 7. The topological polar surface area (TPSA) is 46.5 Å². The molecular weight excluding hydrogens is 334 g/mol. The Morgan fingerprint density at radius 2 is 1.81 bits per heavy atom. The van der Waals surface area contributed by atoms with Gasteiger partial charge < -0.3 is 10.1 Å². The average molecular weight is 366 g/mol. The third-order valence-electron chi connectivity index (χ3n) is 3.68. The van der Waals surface area contributed by atoms with Crippen molar-refractivity contribution in [2.45, 2.75) is 48.0 Å². The van der Waals surface area contributed by atoms with E-state index in [9.17, 15) is 0 Å². The molecule has 0 atom stereocenters. The molecule has 2 rings (SSSR count). The summed E-state index contributed by atoms with van der Waals surface area (Å²) in [5.74, 6) is 2.18. The maximum absolute atomic E-state index is 5.99. The summed E-state index contributed by atoms with van der Waals surface area (Å²) in [6, 6.07) is 13.5. The van der Waals surface area contributed by atoms with Gasteiger partial charge in [-0.25, -0.2) is 9.98 Å². The molecule has 0 spiro atoms. The summed E-state index contributed by atoms with van der Waals surface area (Å²) in [4.78, 5) is 8.63. The first-order valence-electron chi connectivity index (χ1n) is 9.46. The van der Waals surface area contributed by atoms with E-state index in [-0.39, 0.29) is 0 Å². The summed E-state index contributed by atoms with van der Waals surface area (Å²) in [6.07, 6.45) is 6.66. The van der Waals surface area contributed by atoms with Crippen molar-refractivity contribution in [2.24, 2.45) is 4.99 Å². The van der Waals surface area contributed by atoms with Gasteiger partial charge in [-0.2, -0.15) is 0 Å². The molecule has 1 aromatic carbocycles. The van der Waals surface area contributed by atoms with E-state index in [4.69, 9.17) is 4.74 Å². The lowest BCUT2D eigenvalue weighted by Crippen LogP contribution is -1.99. The van der Waals surface area contributed by atoms with Crippen LogP contribution >= 0.6 is 0 Å². The summed E-state index contributed by atoms with van der Waals surface area (Å²) in [5, 5.41) is 3.25. The second-order valence-electron chi connectivity index (χ2n) is 5.58. The Morgan fingerprint density at radius 3 is 2.37 bits per heavy atom. The number of hydrogen-bond acceptors (Lipinski definition) is 4. The molecule has 0 amide bonds. The minimum atomic E-state index is 0.620. The monoisotopic (exact) mass is 365 g/mol. The van der Waals surface area contributed by atoms with Crippen molar-refractivity contribution in [1.82, 2.24) is 4.98 Å². The molecule has 0 saturated carbocycles. The van der Waals surface area contributed by atoms with Crippen molar-refractivity contribution in [2.75, 3.05) is 5.32 Å². The van der Waals surface area contributed by atoms with E-state index >= 15 is 0 Å². The van der Waals surface area contributed by atoms with Gasteiger partial charge in [0, 0.05) is 23.7 Å². The molecule has 0 aliphatic rings. The second-order valence-corrected chi connectivity index (χ2v) is 5.58. The van der Waals surface area contributed by atoms with Gasteiger partial charge in [-0.15, -0.1) is 0 Å². The van der Waals surface area contributed by atoms with Crippen molar-refractivity contribution in [3.8, 4) is 5.75 Å². The quantitative estimate of drug-likeness (QED) is 0.329. The molecule has 4 heteroatoms. The van der Waals surface area contributed by atoms with E-state index in [1.165, 1.54) is 5.57 Å². The Labute approximate surface area is 163 Å². The number of hydrogen-bond donors (Lipinski definition) is 1. The lowest BCUT2D eigenvalue weighted by Gasteiger charge is -2.11. The normalized spacial score (nSPS) is 12.1. The number of pyridine rings is 1. The van der Waals surface area contributed by atoms with Gasteiger partial charge in [-0.1, -0.05) is 32.9 Å². The molecule has 0 fully saturated rings. The molecule has 0 bridgehead atoms. The highest BCUT2D eigenvalue weighted by atomic mass is 16.5. The van der Waals surface area contributed by atoms with Crippen LogP contribution < -0.4 is 10.1 Å². The minimum absolute atomic E-state index is 0.620. The van der Waals surface area contributed by atoms with E-state index in [1.54, 1.807) is 12.4 Å². The molecular formula is C23H31N3O. The molecule has 144 valence electrons. The summed E-state index contributed by atoms with van der Waals surface area (Å²) in [5.41, 5.74) is 3.17. The van der Waals surface area contributed by atoms with Crippen molar-refractivity contribution in [1.29, 1.82) is 0 Å². The van der Waals surface area contributed by atoms with E-state index in [0.717, 1.165) is 29.2 Å². The third kappa shape index (κ3) is 7.48. The summed E-state index contributed by atoms with van der Waals surface area (Å²) < 4.78 is 5.99. The Kier molecular flexibility index (Phi) is 10.2. The number of aliphatic imine (C=N–C) groups is 1. The van der Waals surface area contributed by atoms with Gasteiger partial charge >= 0.3 is 0 Å². The number of benzene rings is 1. The summed E-state index contributed by atoms with van der Waals surface area (Å²) >= 11 is 0. The van der Waals surface area contributed by atoms with Gasteiger partial charge in [0.25, 0.3) is 0 Å². The van der Waals surface area contributed by atoms with Gasteiger partial charge in [-0.3, -0.25) is 0 Å². The molecule has 27 heavy (non-hydrogen) atoms. The molecule has 1 heterocycles. The van der Waals surface area contributed by atoms with Gasteiger partial charge in [-0.05, 0) is 69.2 Å². The van der Waals surface area contributed by atoms with Crippen LogP contribution in [0.4, 0.5) is 11.5 Å². The zero-order valence-electron chi connectivity index (χ0n) is 17.3. The van der Waals surface area contributed by atoms with Crippen molar-refractivity contribution in [3.63, 3.8) is 0 Å². The van der Waals surface area contributed by atoms with Gasteiger partial charge in [0.05, 0.1) is 0 Å². The second kappa shape index (κ2) is 12.5. The standard InChI is InChI=1S/C21H25N3O.C2H6/c1-5-9-16(3)17(4)21(22-6-2)25-19-13-11-18(12-14-19)24-20-10-7-8-15-23-20;1-2/h6-15H,5H2,1-4H3,(H,23,24);1-2H3/b16-9+,21-17-,22-6-;. The lowest BCUT2D eigenvalue weighted by molar-refractivity contribution is 0.416. The number of allylic oxidation sites excluding steroid dienone is 3. The van der Waals surface area contributed by atoms with Crippen LogP contribution in [0.25, 0.3) is 0 Å². The zero-order valence-corrected chi connectivity index (χ0v) is 17.3. The smallest absolute Gasteiger partial charge is 0.222 e. The van der Waals surface area contributed by atoms with Crippen LogP contribution in [0.5, 0.6) is 5.75 Å². The van der Waals surface area contributed by atoms with E-state index < -0.39 is 0 Å². The predicted molar refractivity (Wildman–Crippen MR) is 117 cm³/mol. The number of aromatic nitrogens is 1. The van der Waals surface area contributed by atoms with Crippen LogP contribution in [0.15, 0.2) is 76.8 Å². The van der Waals surface area contributed by atoms with Crippen LogP contribution in [0.1, 0.15) is 48.0 Å². The highest BCUT2D eigenvalue weighted by Gasteiger charge is 2.06. The average Bonchev–Trinajstić information content (AvgIpc) is 2.71. The molecule has 0 radical (unpaired) electrons. The fourth-order valence-electron chi connectivity index (χ4n) is 2.25. The van der Waals surface area contributed by atoms with E-state index in [0.29, 0.717) is 5.88 Å². The first-order chi connectivity index (χ1) is 13.1. The van der Waals surface area contributed by atoms with E-state index in [2.05, 4.69) is 35.2 Å². The Balaban J connectivity index is 0.00000176. The van der Waals surface area contributed by atoms with Gasteiger partial charge in [0.2, 0.25) is 5.88 Å². The predicted octanol–water partition coefficient (Wildman–Crippen LogP) is 6.91. The van der Waals surface area contributed by atoms with Crippen molar-refractivity contribution < 1.29 is 4.74 Å². The Hall–Kier alpha value is -2.88. The molecule has 0 aliphatic carbocycles. The molecule has 0 aliphatic heterocycles. The molecule has 1 aromatic heterocycles. The first kappa shape index (κ1) is 22.2. The maximum atomic E-state index is 5.99. The Morgan fingerprint density at radius 1 is 1.11 bits per heavy atom. The molecule has 4 nitrogen and oxygen atoms in total. The van der Waals surface area contributed by atoms with Crippen LogP contribution in [-0.2, 0) is 0 Å². The summed E-state index contributed by atoms with van der Waals surface area (Å²) in [6.45, 7) is 12.1. The van der Waals surface area contributed by atoms with Gasteiger partial charge in [0.15, 0.2) is 0 Å². The number of ether oxygens (including phenoxy) is 1.